The van der Waals surface area contributed by atoms with Gasteiger partial charge in [-0.25, -0.2) is 4.31 Å². The van der Waals surface area contributed by atoms with E-state index in [0.29, 0.717) is 6.04 Å². The zero-order valence-corrected chi connectivity index (χ0v) is 16.6. The van der Waals surface area contributed by atoms with Gasteiger partial charge in [-0.1, -0.05) is 27.2 Å². The fourth-order valence-corrected chi connectivity index (χ4v) is 4.16. The molecule has 1 aromatic rings. The van der Waals surface area contributed by atoms with Crippen molar-refractivity contribution < 1.29 is 17.9 Å². The number of piperidine rings is 1. The first-order chi connectivity index (χ1) is 12.3. The van der Waals surface area contributed by atoms with Crippen molar-refractivity contribution in [3.63, 3.8) is 0 Å². The number of benzene rings is 1. The Labute approximate surface area is 159 Å². The number of ether oxygens (including phenoxy) is 1. The summed E-state index contributed by atoms with van der Waals surface area (Å²) in [5, 5.41) is 0. The maximum absolute atomic E-state index is 12.2. The van der Waals surface area contributed by atoms with E-state index in [4.69, 9.17) is 0 Å². The van der Waals surface area contributed by atoms with Crippen LogP contribution in [0.2, 0.25) is 0 Å². The van der Waals surface area contributed by atoms with Crippen molar-refractivity contribution in [3.05, 3.63) is 24.3 Å². The molecule has 0 saturated carbocycles. The number of rotatable bonds is 8. The van der Waals surface area contributed by atoms with Crippen molar-refractivity contribution in [2.75, 3.05) is 26.2 Å². The Kier molecular flexibility index (Phi) is 8.10. The van der Waals surface area contributed by atoms with Gasteiger partial charge in [-0.15, -0.1) is 13.2 Å². The molecule has 0 N–H and O–H groups in total. The van der Waals surface area contributed by atoms with Crippen LogP contribution in [0.3, 0.4) is 0 Å². The van der Waals surface area contributed by atoms with Gasteiger partial charge in [0, 0.05) is 30.6 Å². The van der Waals surface area contributed by atoms with Crippen LogP contribution in [0.5, 0.6) is 5.75 Å². The number of hydrogen-bond acceptors (Lipinski definition) is 4. The lowest BCUT2D eigenvalue weighted by molar-refractivity contribution is -0.274. The van der Waals surface area contributed by atoms with Gasteiger partial charge in [-0.3, -0.25) is 0 Å². The second-order valence-corrected chi connectivity index (χ2v) is 8.04. The van der Waals surface area contributed by atoms with E-state index in [-0.39, 0.29) is 5.75 Å². The van der Waals surface area contributed by atoms with Crippen LogP contribution in [0.15, 0.2) is 29.2 Å². The lowest BCUT2D eigenvalue weighted by atomic mass is 10.0. The molecule has 148 valence electrons. The Morgan fingerprint density at radius 3 is 2.31 bits per heavy atom. The van der Waals surface area contributed by atoms with E-state index in [9.17, 15) is 13.2 Å². The minimum absolute atomic E-state index is 0.177. The molecule has 0 aromatic heterocycles. The fourth-order valence-electron chi connectivity index (χ4n) is 3.22. The van der Waals surface area contributed by atoms with Gasteiger partial charge >= 0.3 is 6.36 Å². The van der Waals surface area contributed by atoms with E-state index in [1.54, 1.807) is 24.1 Å². The van der Waals surface area contributed by atoms with Crippen LogP contribution in [0, 0.1) is 5.92 Å². The normalized spacial score (nSPS) is 18.3. The van der Waals surface area contributed by atoms with Crippen molar-refractivity contribution in [2.24, 2.45) is 5.92 Å². The predicted octanol–water partition coefficient (Wildman–Crippen LogP) is 5.42. The van der Waals surface area contributed by atoms with E-state index in [1.807, 2.05) is 0 Å². The third-order valence-electron chi connectivity index (χ3n) is 4.88. The Balaban J connectivity index is 1.81. The zero-order valence-electron chi connectivity index (χ0n) is 15.8. The Hall–Kier alpha value is -0.920. The molecule has 0 aliphatic carbocycles. The standard InChI is InChI=1S/C19H29F3N2OS/c1-4-15(3)14-23(5-2)16-10-12-24(13-11-16)26-18-8-6-17(7-9-18)25-19(20,21)22/h6-9,15-16H,4-5,10-14H2,1-3H3. The summed E-state index contributed by atoms with van der Waals surface area (Å²) in [4.78, 5) is 3.53. The van der Waals surface area contributed by atoms with E-state index >= 15 is 0 Å². The molecule has 1 aliphatic heterocycles. The lowest BCUT2D eigenvalue weighted by Gasteiger charge is -2.38. The minimum Gasteiger partial charge on any atom is -0.406 e. The quantitative estimate of drug-likeness (QED) is 0.550. The highest BCUT2D eigenvalue weighted by atomic mass is 32.2. The molecule has 1 fully saturated rings. The van der Waals surface area contributed by atoms with Crippen LogP contribution in [0.1, 0.15) is 40.0 Å². The molecule has 1 aromatic carbocycles. The van der Waals surface area contributed by atoms with Crippen LogP contribution >= 0.6 is 11.9 Å². The molecule has 0 bridgehead atoms. The first-order valence-electron chi connectivity index (χ1n) is 9.33. The first-order valence-corrected chi connectivity index (χ1v) is 10.1. The van der Waals surface area contributed by atoms with Crippen LogP contribution in [0.25, 0.3) is 0 Å². The number of alkyl halides is 3. The van der Waals surface area contributed by atoms with Gasteiger partial charge in [0.1, 0.15) is 5.75 Å². The van der Waals surface area contributed by atoms with E-state index < -0.39 is 6.36 Å². The summed E-state index contributed by atoms with van der Waals surface area (Å²) in [6, 6.07) is 6.73. The Bertz CT molecular complexity index is 531. The molecule has 1 aliphatic rings. The third kappa shape index (κ3) is 7.00. The molecule has 0 spiro atoms. The largest absolute Gasteiger partial charge is 0.573 e. The maximum atomic E-state index is 12.2. The summed E-state index contributed by atoms with van der Waals surface area (Å²) in [7, 11) is 0. The lowest BCUT2D eigenvalue weighted by Crippen LogP contribution is -2.44. The van der Waals surface area contributed by atoms with Crippen LogP contribution in [-0.4, -0.2) is 47.8 Å². The van der Waals surface area contributed by atoms with Crippen LogP contribution in [0.4, 0.5) is 13.2 Å². The summed E-state index contributed by atoms with van der Waals surface area (Å²) in [5.74, 6) is 0.545. The summed E-state index contributed by atoms with van der Waals surface area (Å²) >= 11 is 1.61. The summed E-state index contributed by atoms with van der Waals surface area (Å²) < 4.78 is 42.8. The summed E-state index contributed by atoms with van der Waals surface area (Å²) in [6.07, 6.45) is -1.17. The molecule has 3 nitrogen and oxygen atoms in total. The molecule has 0 amide bonds. The average Bonchev–Trinajstić information content (AvgIpc) is 2.60. The van der Waals surface area contributed by atoms with Gasteiger partial charge in [0.05, 0.1) is 0 Å². The van der Waals surface area contributed by atoms with Gasteiger partial charge in [-0.2, -0.15) is 0 Å². The van der Waals surface area contributed by atoms with Gasteiger partial charge < -0.3 is 9.64 Å². The summed E-state index contributed by atoms with van der Waals surface area (Å²) in [5.41, 5.74) is 0. The van der Waals surface area contributed by atoms with Crippen molar-refractivity contribution in [2.45, 2.75) is 57.3 Å². The molecule has 1 atom stereocenters. The van der Waals surface area contributed by atoms with Crippen molar-refractivity contribution in [1.29, 1.82) is 0 Å². The minimum atomic E-state index is -4.64. The molecular formula is C19H29F3N2OS. The van der Waals surface area contributed by atoms with Gasteiger partial charge in [0.2, 0.25) is 0 Å². The molecule has 1 heterocycles. The maximum Gasteiger partial charge on any atom is 0.573 e. The van der Waals surface area contributed by atoms with Gasteiger partial charge in [0.15, 0.2) is 0 Å². The van der Waals surface area contributed by atoms with Gasteiger partial charge in [0.25, 0.3) is 0 Å². The summed E-state index contributed by atoms with van der Waals surface area (Å²) in [6.45, 7) is 11.0. The van der Waals surface area contributed by atoms with Crippen LogP contribution < -0.4 is 4.74 Å². The molecule has 7 heteroatoms. The second kappa shape index (κ2) is 9.85. The molecule has 2 rings (SSSR count). The van der Waals surface area contributed by atoms with E-state index in [0.717, 1.165) is 49.8 Å². The highest BCUT2D eigenvalue weighted by Gasteiger charge is 2.31. The highest BCUT2D eigenvalue weighted by molar-refractivity contribution is 7.97. The Morgan fingerprint density at radius 1 is 1.19 bits per heavy atom. The molecule has 1 unspecified atom stereocenters. The SMILES string of the molecule is CCC(C)CN(CC)C1CCN(Sc2ccc(OC(F)(F)F)cc2)CC1. The van der Waals surface area contributed by atoms with Crippen molar-refractivity contribution in [3.8, 4) is 5.75 Å². The molecule has 0 radical (unpaired) electrons. The smallest absolute Gasteiger partial charge is 0.406 e. The van der Waals surface area contributed by atoms with Gasteiger partial charge in [-0.05, 0) is 61.5 Å². The number of nitrogens with zero attached hydrogens (tertiary/aromatic N) is 2. The van der Waals surface area contributed by atoms with E-state index in [2.05, 4.69) is 34.7 Å². The van der Waals surface area contributed by atoms with Crippen molar-refractivity contribution >= 4 is 11.9 Å². The molecular weight excluding hydrogens is 361 g/mol. The average molecular weight is 391 g/mol. The van der Waals surface area contributed by atoms with E-state index in [1.165, 1.54) is 18.6 Å². The molecule has 26 heavy (non-hydrogen) atoms. The monoisotopic (exact) mass is 390 g/mol. The topological polar surface area (TPSA) is 15.7 Å². The Morgan fingerprint density at radius 2 is 1.81 bits per heavy atom. The fraction of sp³-hybridized carbons (Fsp3) is 0.684. The van der Waals surface area contributed by atoms with Crippen molar-refractivity contribution in [1.82, 2.24) is 9.21 Å². The van der Waals surface area contributed by atoms with Crippen LogP contribution in [-0.2, 0) is 0 Å². The number of hydrogen-bond donors (Lipinski definition) is 0. The zero-order chi connectivity index (χ0) is 19.2. The highest BCUT2D eigenvalue weighted by Crippen LogP contribution is 2.30. The molecule has 1 saturated heterocycles. The number of halogens is 3. The predicted molar refractivity (Wildman–Crippen MR) is 100 cm³/mol. The first kappa shape index (κ1) is 21.4. The second-order valence-electron chi connectivity index (χ2n) is 6.87. The third-order valence-corrected chi connectivity index (χ3v) is 5.99.